The molecule has 1 aromatic heterocycles. The minimum Gasteiger partial charge on any atom is -0.494 e. The summed E-state index contributed by atoms with van der Waals surface area (Å²) < 4.78 is 13.3. The van der Waals surface area contributed by atoms with Crippen molar-refractivity contribution in [3.63, 3.8) is 0 Å². The predicted molar refractivity (Wildman–Crippen MR) is 121 cm³/mol. The van der Waals surface area contributed by atoms with Gasteiger partial charge in [-0.25, -0.2) is 4.98 Å². The quantitative estimate of drug-likeness (QED) is 0.534. The monoisotopic (exact) mass is 396 g/mol. The van der Waals surface area contributed by atoms with Gasteiger partial charge in [0.15, 0.2) is 0 Å². The summed E-state index contributed by atoms with van der Waals surface area (Å²) in [5, 5.41) is 3.44. The third kappa shape index (κ3) is 4.11. The first-order chi connectivity index (χ1) is 14.0. The zero-order valence-corrected chi connectivity index (χ0v) is 18.4. The lowest BCUT2D eigenvalue weighted by Gasteiger charge is -2.25. The summed E-state index contributed by atoms with van der Waals surface area (Å²) in [6.07, 6.45) is 2.22. The molecule has 3 aromatic rings. The van der Waals surface area contributed by atoms with Gasteiger partial charge in [-0.2, -0.15) is 0 Å². The van der Waals surface area contributed by atoms with Crippen molar-refractivity contribution in [3.8, 4) is 11.5 Å². The zero-order valence-electron chi connectivity index (χ0n) is 18.4. The molecule has 0 aliphatic heterocycles. The zero-order chi connectivity index (χ0) is 21.0. The Labute approximate surface area is 173 Å². The van der Waals surface area contributed by atoms with Crippen LogP contribution in [0.4, 0.5) is 17.3 Å². The van der Waals surface area contributed by atoms with E-state index < -0.39 is 0 Å². The Morgan fingerprint density at radius 2 is 1.66 bits per heavy atom. The molecule has 0 radical (unpaired) electrons. The second-order valence-electron chi connectivity index (χ2n) is 7.30. The van der Waals surface area contributed by atoms with Crippen LogP contribution in [0.5, 0.6) is 11.5 Å². The fourth-order valence-corrected chi connectivity index (χ4v) is 3.79. The number of ether oxygens (including phenoxy) is 2. The van der Waals surface area contributed by atoms with E-state index in [1.54, 1.807) is 14.2 Å². The summed E-state index contributed by atoms with van der Waals surface area (Å²) in [6, 6.07) is 10.3. The SMILES string of the molecule is CCCN(CCC)c1cccc2nc(Nc3c(OC)cc(C)cc3OC)n(C)c12. The molecule has 0 aliphatic carbocycles. The number of fused-ring (bicyclic) bond motifs is 1. The van der Waals surface area contributed by atoms with Crippen molar-refractivity contribution in [1.29, 1.82) is 0 Å². The van der Waals surface area contributed by atoms with Crippen LogP contribution in [0.1, 0.15) is 32.3 Å². The van der Waals surface area contributed by atoms with E-state index in [2.05, 4.69) is 46.8 Å². The molecule has 6 heteroatoms. The van der Waals surface area contributed by atoms with Gasteiger partial charge in [0.25, 0.3) is 0 Å². The summed E-state index contributed by atoms with van der Waals surface area (Å²) in [7, 11) is 5.38. The second-order valence-corrected chi connectivity index (χ2v) is 7.30. The fraction of sp³-hybridized carbons (Fsp3) is 0.435. The molecule has 1 N–H and O–H groups in total. The van der Waals surface area contributed by atoms with Crippen LogP contribution in [0.15, 0.2) is 30.3 Å². The molecule has 0 unspecified atom stereocenters. The predicted octanol–water partition coefficient (Wildman–Crippen LogP) is 5.27. The van der Waals surface area contributed by atoms with E-state index in [4.69, 9.17) is 14.5 Å². The van der Waals surface area contributed by atoms with Gasteiger partial charge in [0.2, 0.25) is 5.95 Å². The molecule has 2 aromatic carbocycles. The minimum atomic E-state index is 0.729. The average molecular weight is 397 g/mol. The van der Waals surface area contributed by atoms with E-state index in [9.17, 15) is 0 Å². The molecule has 156 valence electrons. The van der Waals surface area contributed by atoms with Gasteiger partial charge in [-0.3, -0.25) is 0 Å². The number of nitrogens with zero attached hydrogens (tertiary/aromatic N) is 3. The van der Waals surface area contributed by atoms with E-state index in [1.165, 1.54) is 5.69 Å². The maximum Gasteiger partial charge on any atom is 0.208 e. The van der Waals surface area contributed by atoms with Gasteiger partial charge in [-0.05, 0) is 49.6 Å². The molecule has 1 heterocycles. The maximum atomic E-state index is 5.59. The van der Waals surface area contributed by atoms with Crippen LogP contribution in [0.3, 0.4) is 0 Å². The normalized spacial score (nSPS) is 11.0. The number of para-hydroxylation sites is 1. The molecule has 0 saturated heterocycles. The number of methoxy groups -OCH3 is 2. The van der Waals surface area contributed by atoms with Gasteiger partial charge in [0, 0.05) is 20.1 Å². The van der Waals surface area contributed by atoms with Crippen LogP contribution in [0.2, 0.25) is 0 Å². The van der Waals surface area contributed by atoms with Gasteiger partial charge in [0.1, 0.15) is 17.2 Å². The van der Waals surface area contributed by atoms with Crippen LogP contribution < -0.4 is 19.7 Å². The van der Waals surface area contributed by atoms with E-state index in [1.807, 2.05) is 26.1 Å². The lowest BCUT2D eigenvalue weighted by atomic mass is 10.2. The number of anilines is 3. The molecular weight excluding hydrogens is 364 g/mol. The number of aryl methyl sites for hydroxylation is 2. The molecule has 0 spiro atoms. The smallest absolute Gasteiger partial charge is 0.208 e. The first-order valence-electron chi connectivity index (χ1n) is 10.2. The van der Waals surface area contributed by atoms with Gasteiger partial charge in [0.05, 0.1) is 30.9 Å². The number of nitrogens with one attached hydrogen (secondary N) is 1. The number of hydrogen-bond donors (Lipinski definition) is 1. The van der Waals surface area contributed by atoms with Crippen LogP contribution in [0.25, 0.3) is 11.0 Å². The van der Waals surface area contributed by atoms with Crippen molar-refractivity contribution in [2.24, 2.45) is 7.05 Å². The lowest BCUT2D eigenvalue weighted by Crippen LogP contribution is -2.25. The van der Waals surface area contributed by atoms with Crippen LogP contribution in [-0.2, 0) is 7.05 Å². The second kappa shape index (κ2) is 9.07. The Morgan fingerprint density at radius 1 is 1.03 bits per heavy atom. The third-order valence-electron chi connectivity index (χ3n) is 5.09. The number of benzene rings is 2. The molecule has 0 fully saturated rings. The van der Waals surface area contributed by atoms with Crippen LogP contribution >= 0.6 is 0 Å². The summed E-state index contributed by atoms with van der Waals surface area (Å²) in [6.45, 7) is 8.51. The van der Waals surface area contributed by atoms with Gasteiger partial charge < -0.3 is 24.3 Å². The fourth-order valence-electron chi connectivity index (χ4n) is 3.79. The maximum absolute atomic E-state index is 5.59. The summed E-state index contributed by atoms with van der Waals surface area (Å²) >= 11 is 0. The minimum absolute atomic E-state index is 0.729. The average Bonchev–Trinajstić information content (AvgIpc) is 3.04. The van der Waals surface area contributed by atoms with E-state index in [0.717, 1.165) is 65.7 Å². The molecule has 6 nitrogen and oxygen atoms in total. The van der Waals surface area contributed by atoms with Crippen molar-refractivity contribution >= 4 is 28.4 Å². The highest BCUT2D eigenvalue weighted by atomic mass is 16.5. The topological polar surface area (TPSA) is 51.6 Å². The van der Waals surface area contributed by atoms with Gasteiger partial charge >= 0.3 is 0 Å². The van der Waals surface area contributed by atoms with E-state index in [0.29, 0.717) is 0 Å². The summed E-state index contributed by atoms with van der Waals surface area (Å²) in [5.41, 5.74) is 5.17. The van der Waals surface area contributed by atoms with Crippen molar-refractivity contribution in [3.05, 3.63) is 35.9 Å². The first-order valence-corrected chi connectivity index (χ1v) is 10.2. The van der Waals surface area contributed by atoms with E-state index >= 15 is 0 Å². The Kier molecular flexibility index (Phi) is 6.52. The van der Waals surface area contributed by atoms with Crippen LogP contribution in [0, 0.1) is 6.92 Å². The Morgan fingerprint density at radius 3 is 2.21 bits per heavy atom. The number of rotatable bonds is 9. The largest absolute Gasteiger partial charge is 0.494 e. The molecule has 0 atom stereocenters. The molecule has 0 saturated carbocycles. The number of hydrogen-bond acceptors (Lipinski definition) is 5. The van der Waals surface area contributed by atoms with Gasteiger partial charge in [-0.15, -0.1) is 0 Å². The Bertz CT molecular complexity index is 949. The Balaban J connectivity index is 2.09. The summed E-state index contributed by atoms with van der Waals surface area (Å²) in [4.78, 5) is 7.30. The first kappa shape index (κ1) is 20.8. The van der Waals surface area contributed by atoms with Crippen molar-refractivity contribution in [1.82, 2.24) is 9.55 Å². The standard InChI is InChI=1S/C23H32N4O2/c1-7-12-27(13-8-2)18-11-9-10-17-22(18)26(4)23(24-17)25-21-19(28-5)14-16(3)15-20(21)29-6/h9-11,14-15H,7-8,12-13H2,1-6H3,(H,24,25). The number of imidazole rings is 1. The van der Waals surface area contributed by atoms with Crippen molar-refractivity contribution < 1.29 is 9.47 Å². The summed E-state index contributed by atoms with van der Waals surface area (Å²) in [5.74, 6) is 2.21. The van der Waals surface area contributed by atoms with E-state index in [-0.39, 0.29) is 0 Å². The van der Waals surface area contributed by atoms with Gasteiger partial charge in [-0.1, -0.05) is 19.9 Å². The highest BCUT2D eigenvalue weighted by molar-refractivity contribution is 5.92. The van der Waals surface area contributed by atoms with Crippen molar-refractivity contribution in [2.75, 3.05) is 37.5 Å². The molecule has 3 rings (SSSR count). The van der Waals surface area contributed by atoms with Crippen LogP contribution in [-0.4, -0.2) is 36.9 Å². The molecule has 0 amide bonds. The highest BCUT2D eigenvalue weighted by Gasteiger charge is 2.18. The lowest BCUT2D eigenvalue weighted by molar-refractivity contribution is 0.397. The molecule has 0 bridgehead atoms. The molecule has 29 heavy (non-hydrogen) atoms. The third-order valence-corrected chi connectivity index (χ3v) is 5.09. The molecule has 0 aliphatic rings. The highest BCUT2D eigenvalue weighted by Crippen LogP contribution is 2.39. The molecular formula is C23H32N4O2. The van der Waals surface area contributed by atoms with Crippen molar-refractivity contribution in [2.45, 2.75) is 33.6 Å². The Hall–Kier alpha value is -2.89. The number of aromatic nitrogens is 2.